The molecule has 3 rings (SSSR count). The molecule has 0 heterocycles. The molecular weight excluding hydrogens is 300 g/mol. The van der Waals surface area contributed by atoms with Gasteiger partial charge in [0.25, 0.3) is 0 Å². The fourth-order valence-electron chi connectivity index (χ4n) is 2.08. The summed E-state index contributed by atoms with van der Waals surface area (Å²) < 4.78 is 24.8. The van der Waals surface area contributed by atoms with Crippen molar-refractivity contribution in [1.29, 1.82) is 0 Å². The second-order valence-electron chi connectivity index (χ2n) is 4.47. The molecular formula is C16H12N2O3S. The summed E-state index contributed by atoms with van der Waals surface area (Å²) in [5, 5.41) is 10.1. The standard InChI is InChI=1S/C16H12N2O3S/c19-22(20)21-15-11-10-12-6-4-5-9-14(12)16(15)18-17-13-7-2-1-3-8-13/h1-11H,(H,19,20). The summed E-state index contributed by atoms with van der Waals surface area (Å²) in [6, 6.07) is 20.2. The first-order valence-electron chi connectivity index (χ1n) is 6.52. The van der Waals surface area contributed by atoms with Crippen molar-refractivity contribution in [3.8, 4) is 5.75 Å². The predicted molar refractivity (Wildman–Crippen MR) is 86.0 cm³/mol. The summed E-state index contributed by atoms with van der Waals surface area (Å²) in [7, 11) is 0. The van der Waals surface area contributed by atoms with E-state index in [1.165, 1.54) is 0 Å². The highest BCUT2D eigenvalue weighted by molar-refractivity contribution is 7.74. The predicted octanol–water partition coefficient (Wildman–Crippen LogP) is 4.77. The molecule has 110 valence electrons. The lowest BCUT2D eigenvalue weighted by atomic mass is 10.1. The van der Waals surface area contributed by atoms with Gasteiger partial charge in [0.05, 0.1) is 5.69 Å². The van der Waals surface area contributed by atoms with Gasteiger partial charge in [0.15, 0.2) is 5.75 Å². The van der Waals surface area contributed by atoms with Crippen LogP contribution in [0.15, 0.2) is 77.0 Å². The van der Waals surface area contributed by atoms with Gasteiger partial charge in [-0.15, -0.1) is 5.11 Å². The Balaban J connectivity index is 2.11. The van der Waals surface area contributed by atoms with Gasteiger partial charge in [0, 0.05) is 5.39 Å². The minimum Gasteiger partial charge on any atom is -0.378 e. The van der Waals surface area contributed by atoms with Gasteiger partial charge in [-0.25, -0.2) is 0 Å². The van der Waals surface area contributed by atoms with Crippen LogP contribution in [-0.2, 0) is 11.4 Å². The molecule has 1 N–H and O–H groups in total. The van der Waals surface area contributed by atoms with Crippen LogP contribution in [0.25, 0.3) is 10.8 Å². The normalized spacial score (nSPS) is 12.6. The maximum absolute atomic E-state index is 10.9. The average Bonchev–Trinajstić information content (AvgIpc) is 2.54. The molecule has 0 spiro atoms. The van der Waals surface area contributed by atoms with Crippen LogP contribution in [0.5, 0.6) is 5.75 Å². The van der Waals surface area contributed by atoms with Crippen LogP contribution < -0.4 is 4.18 Å². The minimum absolute atomic E-state index is 0.208. The monoisotopic (exact) mass is 312 g/mol. The molecule has 0 saturated carbocycles. The molecule has 0 aromatic heterocycles. The second-order valence-corrected chi connectivity index (χ2v) is 5.07. The Hall–Kier alpha value is -2.57. The number of rotatable bonds is 4. The second kappa shape index (κ2) is 6.46. The number of fused-ring (bicyclic) bond motifs is 1. The first-order chi connectivity index (χ1) is 10.7. The van der Waals surface area contributed by atoms with Crippen LogP contribution in [0.3, 0.4) is 0 Å². The van der Waals surface area contributed by atoms with Crippen molar-refractivity contribution in [3.05, 3.63) is 66.7 Å². The van der Waals surface area contributed by atoms with E-state index in [9.17, 15) is 4.21 Å². The van der Waals surface area contributed by atoms with Crippen LogP contribution in [0.2, 0.25) is 0 Å². The van der Waals surface area contributed by atoms with Gasteiger partial charge in [-0.1, -0.05) is 48.5 Å². The van der Waals surface area contributed by atoms with E-state index in [0.29, 0.717) is 11.4 Å². The first-order valence-corrected chi connectivity index (χ1v) is 7.55. The Morgan fingerprint density at radius 3 is 2.36 bits per heavy atom. The van der Waals surface area contributed by atoms with Gasteiger partial charge < -0.3 is 4.18 Å². The summed E-state index contributed by atoms with van der Waals surface area (Å²) in [5.41, 5.74) is 1.11. The molecule has 6 heteroatoms. The number of hydrogen-bond donors (Lipinski definition) is 1. The van der Waals surface area contributed by atoms with Gasteiger partial charge in [0.2, 0.25) is 0 Å². The SMILES string of the molecule is O=S(O)Oc1ccc2ccccc2c1N=Nc1ccccc1. The maximum atomic E-state index is 10.9. The minimum atomic E-state index is -2.42. The highest BCUT2D eigenvalue weighted by Gasteiger charge is 2.10. The van der Waals surface area contributed by atoms with Gasteiger partial charge in [-0.05, 0) is 23.6 Å². The third kappa shape index (κ3) is 3.19. The first kappa shape index (κ1) is 14.4. The third-order valence-corrected chi connectivity index (χ3v) is 3.37. The lowest BCUT2D eigenvalue weighted by Crippen LogP contribution is -1.97. The van der Waals surface area contributed by atoms with E-state index in [0.717, 1.165) is 10.8 Å². The van der Waals surface area contributed by atoms with E-state index in [1.807, 2.05) is 54.6 Å². The number of benzene rings is 3. The molecule has 0 saturated heterocycles. The Kier molecular flexibility index (Phi) is 4.22. The van der Waals surface area contributed by atoms with Gasteiger partial charge in [-0.2, -0.15) is 9.32 Å². The van der Waals surface area contributed by atoms with Crippen LogP contribution in [0.1, 0.15) is 0 Å². The summed E-state index contributed by atoms with van der Waals surface area (Å²) in [6.07, 6.45) is 0. The van der Waals surface area contributed by atoms with Crippen LogP contribution in [0.4, 0.5) is 11.4 Å². The summed E-state index contributed by atoms with van der Waals surface area (Å²) in [4.78, 5) is 0. The summed E-state index contributed by atoms with van der Waals surface area (Å²) >= 11 is -2.42. The molecule has 0 aliphatic heterocycles. The molecule has 0 aliphatic carbocycles. The quantitative estimate of drug-likeness (QED) is 0.557. The van der Waals surface area contributed by atoms with Crippen molar-refractivity contribution in [3.63, 3.8) is 0 Å². The largest absolute Gasteiger partial charge is 0.378 e. The molecule has 0 fully saturated rings. The Morgan fingerprint density at radius 1 is 0.864 bits per heavy atom. The number of azo groups is 1. The van der Waals surface area contributed by atoms with E-state index >= 15 is 0 Å². The van der Waals surface area contributed by atoms with E-state index in [2.05, 4.69) is 10.2 Å². The molecule has 22 heavy (non-hydrogen) atoms. The molecule has 1 unspecified atom stereocenters. The van der Waals surface area contributed by atoms with E-state index < -0.39 is 11.4 Å². The molecule has 5 nitrogen and oxygen atoms in total. The fraction of sp³-hybridized carbons (Fsp3) is 0. The Labute approximate surface area is 129 Å². The third-order valence-electron chi connectivity index (χ3n) is 3.05. The molecule has 0 amide bonds. The zero-order valence-corrected chi connectivity index (χ0v) is 12.2. The lowest BCUT2D eigenvalue weighted by molar-refractivity contribution is 0.458. The molecule has 0 aliphatic rings. The summed E-state index contributed by atoms with van der Waals surface area (Å²) in [5.74, 6) is 0.208. The molecule has 1 atom stereocenters. The Bertz CT molecular complexity index is 850. The van der Waals surface area contributed by atoms with Crippen molar-refractivity contribution in [2.75, 3.05) is 0 Å². The van der Waals surface area contributed by atoms with Gasteiger partial charge in [0.1, 0.15) is 5.69 Å². The number of nitrogens with zero attached hydrogens (tertiary/aromatic N) is 2. The van der Waals surface area contributed by atoms with Gasteiger partial charge in [-0.3, -0.25) is 4.55 Å². The highest BCUT2D eigenvalue weighted by atomic mass is 32.2. The van der Waals surface area contributed by atoms with Crippen molar-refractivity contribution in [2.24, 2.45) is 10.2 Å². The van der Waals surface area contributed by atoms with Crippen LogP contribution in [-0.4, -0.2) is 8.76 Å². The van der Waals surface area contributed by atoms with Crippen molar-refractivity contribution in [2.45, 2.75) is 0 Å². The smallest absolute Gasteiger partial charge is 0.357 e. The molecule has 3 aromatic rings. The lowest BCUT2D eigenvalue weighted by Gasteiger charge is -2.07. The average molecular weight is 312 g/mol. The Morgan fingerprint density at radius 2 is 1.59 bits per heavy atom. The molecule has 0 bridgehead atoms. The van der Waals surface area contributed by atoms with Crippen molar-refractivity contribution >= 4 is 33.5 Å². The topological polar surface area (TPSA) is 71.2 Å². The van der Waals surface area contributed by atoms with Crippen LogP contribution in [0, 0.1) is 0 Å². The number of hydrogen-bond acceptors (Lipinski definition) is 4. The summed E-state index contributed by atoms with van der Waals surface area (Å²) in [6.45, 7) is 0. The maximum Gasteiger partial charge on any atom is 0.357 e. The zero-order chi connectivity index (χ0) is 15.4. The van der Waals surface area contributed by atoms with Crippen molar-refractivity contribution in [1.82, 2.24) is 0 Å². The highest BCUT2D eigenvalue weighted by Crippen LogP contribution is 2.37. The van der Waals surface area contributed by atoms with E-state index in [4.69, 9.17) is 8.74 Å². The molecule has 0 radical (unpaired) electrons. The van der Waals surface area contributed by atoms with E-state index in [1.54, 1.807) is 12.1 Å². The fourth-order valence-corrected chi connectivity index (χ4v) is 2.37. The molecule has 3 aromatic carbocycles. The van der Waals surface area contributed by atoms with Gasteiger partial charge >= 0.3 is 11.4 Å². The van der Waals surface area contributed by atoms with Crippen LogP contribution >= 0.6 is 0 Å². The van der Waals surface area contributed by atoms with E-state index in [-0.39, 0.29) is 5.75 Å². The van der Waals surface area contributed by atoms with Crippen molar-refractivity contribution < 1.29 is 12.9 Å². The zero-order valence-electron chi connectivity index (χ0n) is 11.4.